The van der Waals surface area contributed by atoms with Crippen LogP contribution < -0.4 is 0 Å². The van der Waals surface area contributed by atoms with Gasteiger partial charge >= 0.3 is 5.97 Å². The topological polar surface area (TPSA) is 110 Å². The van der Waals surface area contributed by atoms with Gasteiger partial charge in [0.2, 0.25) is 15.9 Å². The number of benzene rings is 1. The first-order chi connectivity index (χ1) is 14.4. The van der Waals surface area contributed by atoms with Crippen LogP contribution in [0.5, 0.6) is 0 Å². The van der Waals surface area contributed by atoms with Crippen molar-refractivity contribution in [1.29, 1.82) is 0 Å². The highest BCUT2D eigenvalue weighted by Gasteiger charge is 2.26. The molecule has 164 valence electrons. The highest BCUT2D eigenvalue weighted by Crippen LogP contribution is 2.18. The number of nitrogens with zero attached hydrogens (tertiary/aromatic N) is 2. The van der Waals surface area contributed by atoms with E-state index >= 15 is 0 Å². The van der Waals surface area contributed by atoms with Crippen molar-refractivity contribution in [1.82, 2.24) is 9.21 Å². The Balaban J connectivity index is 1.53. The Bertz CT molecular complexity index is 877. The van der Waals surface area contributed by atoms with Crippen LogP contribution in [0, 0.1) is 0 Å². The second-order valence-electron chi connectivity index (χ2n) is 7.25. The molecule has 9 nitrogen and oxygen atoms in total. The summed E-state index contributed by atoms with van der Waals surface area (Å²) in [6.45, 7) is 1.17. The Morgan fingerprint density at radius 1 is 1.00 bits per heavy atom. The molecule has 2 saturated heterocycles. The number of ether oxygens (including phenoxy) is 2. The van der Waals surface area contributed by atoms with Gasteiger partial charge in [-0.25, -0.2) is 8.42 Å². The van der Waals surface area contributed by atoms with Crippen molar-refractivity contribution >= 4 is 27.7 Å². The molecule has 30 heavy (non-hydrogen) atoms. The first kappa shape index (κ1) is 22.4. The maximum absolute atomic E-state index is 12.6. The lowest BCUT2D eigenvalue weighted by Crippen LogP contribution is -2.40. The predicted octanol–water partition coefficient (Wildman–Crippen LogP) is 0.836. The molecule has 0 aromatic heterocycles. The lowest BCUT2D eigenvalue weighted by atomic mass is 10.1. The molecule has 1 amide bonds. The number of hydrogen-bond acceptors (Lipinski definition) is 7. The maximum atomic E-state index is 12.6. The Labute approximate surface area is 176 Å². The zero-order chi connectivity index (χ0) is 21.6. The highest BCUT2D eigenvalue weighted by atomic mass is 32.2. The van der Waals surface area contributed by atoms with Gasteiger partial charge in [-0.05, 0) is 37.1 Å². The van der Waals surface area contributed by atoms with Crippen LogP contribution in [0.3, 0.4) is 0 Å². The third-order valence-electron chi connectivity index (χ3n) is 5.14. The van der Waals surface area contributed by atoms with Crippen LogP contribution in [0.1, 0.15) is 36.0 Å². The summed E-state index contributed by atoms with van der Waals surface area (Å²) in [5, 5.41) is 0. The summed E-state index contributed by atoms with van der Waals surface area (Å²) in [6, 6.07) is 5.55. The summed E-state index contributed by atoms with van der Waals surface area (Å²) in [7, 11) is -3.64. The lowest BCUT2D eigenvalue weighted by Gasteiger charge is -2.26. The standard InChI is InChI=1S/C20H26N2O7S/c23-18(15-29-20(25)14-21-9-3-1-2-4-19(21)24)16-5-7-17(8-6-16)30(26,27)22-10-12-28-13-11-22/h5-8H,1-4,9-15H2. The van der Waals surface area contributed by atoms with Gasteiger partial charge in [-0.15, -0.1) is 0 Å². The van der Waals surface area contributed by atoms with Gasteiger partial charge in [0.1, 0.15) is 6.54 Å². The van der Waals surface area contributed by atoms with Gasteiger partial charge in [0.15, 0.2) is 12.4 Å². The van der Waals surface area contributed by atoms with Gasteiger partial charge in [0.25, 0.3) is 0 Å². The van der Waals surface area contributed by atoms with E-state index in [4.69, 9.17) is 9.47 Å². The number of hydrogen-bond donors (Lipinski definition) is 0. The normalized spacial score (nSPS) is 18.7. The van der Waals surface area contributed by atoms with Gasteiger partial charge in [-0.1, -0.05) is 6.42 Å². The van der Waals surface area contributed by atoms with Crippen LogP contribution in [-0.2, 0) is 29.1 Å². The fourth-order valence-corrected chi connectivity index (χ4v) is 4.79. The van der Waals surface area contributed by atoms with Crippen LogP contribution in [0.4, 0.5) is 0 Å². The number of carbonyl (C=O) groups is 3. The van der Waals surface area contributed by atoms with Gasteiger partial charge < -0.3 is 14.4 Å². The van der Waals surface area contributed by atoms with E-state index in [1.54, 1.807) is 0 Å². The number of amides is 1. The number of rotatable bonds is 7. The molecule has 10 heteroatoms. The van der Waals surface area contributed by atoms with E-state index in [1.165, 1.54) is 33.5 Å². The van der Waals surface area contributed by atoms with Crippen LogP contribution in [0.25, 0.3) is 0 Å². The number of esters is 1. The summed E-state index contributed by atoms with van der Waals surface area (Å²) in [4.78, 5) is 37.8. The summed E-state index contributed by atoms with van der Waals surface area (Å²) in [6.07, 6.45) is 3.04. The van der Waals surface area contributed by atoms with Crippen LogP contribution >= 0.6 is 0 Å². The zero-order valence-corrected chi connectivity index (χ0v) is 17.6. The van der Waals surface area contributed by atoms with Crippen molar-refractivity contribution in [3.63, 3.8) is 0 Å². The first-order valence-electron chi connectivity index (χ1n) is 10.0. The number of Topliss-reactive ketones (excluding diaryl/α,β-unsaturated/α-hetero) is 1. The molecule has 0 atom stereocenters. The minimum atomic E-state index is -3.64. The second-order valence-corrected chi connectivity index (χ2v) is 9.19. The fraction of sp³-hybridized carbons (Fsp3) is 0.550. The smallest absolute Gasteiger partial charge is 0.326 e. The van der Waals surface area contributed by atoms with E-state index in [0.29, 0.717) is 39.3 Å². The minimum Gasteiger partial charge on any atom is -0.456 e. The molecular formula is C20H26N2O7S. The molecule has 2 aliphatic heterocycles. The number of sulfonamides is 1. The molecule has 0 bridgehead atoms. The Kier molecular flexibility index (Phi) is 7.57. The lowest BCUT2D eigenvalue weighted by molar-refractivity contribution is -0.148. The molecule has 1 aromatic rings. The van der Waals surface area contributed by atoms with E-state index in [0.717, 1.165) is 19.3 Å². The molecule has 0 saturated carbocycles. The van der Waals surface area contributed by atoms with Crippen molar-refractivity contribution < 1.29 is 32.3 Å². The van der Waals surface area contributed by atoms with Gasteiger partial charge in [-0.2, -0.15) is 4.31 Å². The average molecular weight is 439 g/mol. The summed E-state index contributed by atoms with van der Waals surface area (Å²) < 4.78 is 36.8. The number of likely N-dealkylation sites (tertiary alicyclic amines) is 1. The molecule has 3 rings (SSSR count). The molecule has 2 heterocycles. The van der Waals surface area contributed by atoms with Crippen molar-refractivity contribution in [2.75, 3.05) is 46.0 Å². The largest absolute Gasteiger partial charge is 0.456 e. The average Bonchev–Trinajstić information content (AvgIpc) is 2.97. The maximum Gasteiger partial charge on any atom is 0.326 e. The van der Waals surface area contributed by atoms with Gasteiger partial charge in [0, 0.05) is 31.6 Å². The van der Waals surface area contributed by atoms with E-state index < -0.39 is 28.4 Å². The number of carbonyl (C=O) groups excluding carboxylic acids is 3. The second kappa shape index (κ2) is 10.1. The Hall–Kier alpha value is -2.30. The monoisotopic (exact) mass is 438 g/mol. The Morgan fingerprint density at radius 3 is 2.40 bits per heavy atom. The molecule has 1 aromatic carbocycles. The van der Waals surface area contributed by atoms with Gasteiger partial charge in [0.05, 0.1) is 18.1 Å². The van der Waals surface area contributed by atoms with Crippen molar-refractivity contribution in [2.45, 2.75) is 30.6 Å². The van der Waals surface area contributed by atoms with E-state index in [-0.39, 0.29) is 22.9 Å². The molecule has 0 N–H and O–H groups in total. The Morgan fingerprint density at radius 2 is 1.70 bits per heavy atom. The SMILES string of the molecule is O=C(CN1CCCCCC1=O)OCC(=O)c1ccc(S(=O)(=O)N2CCOCC2)cc1. The predicted molar refractivity (Wildman–Crippen MR) is 106 cm³/mol. The van der Waals surface area contributed by atoms with Crippen molar-refractivity contribution in [2.24, 2.45) is 0 Å². The minimum absolute atomic E-state index is 0.0761. The third kappa shape index (κ3) is 5.65. The highest BCUT2D eigenvalue weighted by molar-refractivity contribution is 7.89. The first-order valence-corrected chi connectivity index (χ1v) is 11.5. The zero-order valence-electron chi connectivity index (χ0n) is 16.7. The van der Waals surface area contributed by atoms with Crippen LogP contribution in [0.15, 0.2) is 29.2 Å². The van der Waals surface area contributed by atoms with E-state index in [2.05, 4.69) is 0 Å². The van der Waals surface area contributed by atoms with Crippen LogP contribution in [0.2, 0.25) is 0 Å². The van der Waals surface area contributed by atoms with E-state index in [9.17, 15) is 22.8 Å². The summed E-state index contributed by atoms with van der Waals surface area (Å²) in [5.74, 6) is -1.15. The molecule has 0 spiro atoms. The molecule has 0 radical (unpaired) electrons. The molecule has 2 fully saturated rings. The van der Waals surface area contributed by atoms with Gasteiger partial charge in [-0.3, -0.25) is 14.4 Å². The molecular weight excluding hydrogens is 412 g/mol. The number of ketones is 1. The molecule has 2 aliphatic rings. The fourth-order valence-electron chi connectivity index (χ4n) is 3.39. The van der Waals surface area contributed by atoms with E-state index in [1.807, 2.05) is 0 Å². The number of morpholine rings is 1. The quantitative estimate of drug-likeness (QED) is 0.458. The molecule has 0 unspecified atom stereocenters. The van der Waals surface area contributed by atoms with Crippen molar-refractivity contribution in [3.8, 4) is 0 Å². The summed E-state index contributed by atoms with van der Waals surface area (Å²) >= 11 is 0. The third-order valence-corrected chi connectivity index (χ3v) is 7.05. The summed E-state index contributed by atoms with van der Waals surface area (Å²) in [5.41, 5.74) is 0.245. The molecule has 0 aliphatic carbocycles. The van der Waals surface area contributed by atoms with Crippen LogP contribution in [-0.4, -0.2) is 81.3 Å². The van der Waals surface area contributed by atoms with Crippen molar-refractivity contribution in [3.05, 3.63) is 29.8 Å².